The number of carboxylic acid groups (broad SMARTS) is 1. The van der Waals surface area contributed by atoms with E-state index in [1.54, 1.807) is 12.1 Å². The second-order valence-corrected chi connectivity index (χ2v) is 12.8. The van der Waals surface area contributed by atoms with E-state index in [0.717, 1.165) is 50.9 Å². The second kappa shape index (κ2) is 14.0. The standard InChI is InChI=1S/C33H40ClFN4O6/c1-20-2-6-23(35)17-28(20)37-33-36-27-11-5-22(30(34)31(27)45-33)16-29(40)39-24(18-38-12-14-43-15-13-38)7-8-25(39)19-44-26-9-3-21(4-10-26)32(41)42/h2,5-6,11,17,21,24-26H,3-4,7-10,12-16,18-19H2,1H3,(H,36,37)(H,41,42)/t21?,24-,25-,26?/m0/s1. The number of aromatic nitrogens is 1. The molecule has 3 aromatic rings. The highest BCUT2D eigenvalue weighted by Crippen LogP contribution is 2.34. The van der Waals surface area contributed by atoms with Gasteiger partial charge in [0.1, 0.15) is 11.3 Å². The molecule has 3 aliphatic rings. The number of ether oxygens (including phenoxy) is 2. The second-order valence-electron chi connectivity index (χ2n) is 12.4. The summed E-state index contributed by atoms with van der Waals surface area (Å²) < 4.78 is 31.6. The molecule has 2 N–H and O–H groups in total. The van der Waals surface area contributed by atoms with Gasteiger partial charge >= 0.3 is 5.97 Å². The Morgan fingerprint density at radius 2 is 1.84 bits per heavy atom. The van der Waals surface area contributed by atoms with Crippen molar-refractivity contribution in [1.82, 2.24) is 14.8 Å². The number of hydrogen-bond acceptors (Lipinski definition) is 8. The topological polar surface area (TPSA) is 117 Å². The predicted octanol–water partition coefficient (Wildman–Crippen LogP) is 5.57. The fourth-order valence-electron chi connectivity index (χ4n) is 6.81. The minimum Gasteiger partial charge on any atom is -0.481 e. The van der Waals surface area contributed by atoms with E-state index in [1.807, 2.05) is 17.9 Å². The molecule has 0 radical (unpaired) electrons. The van der Waals surface area contributed by atoms with Crippen molar-refractivity contribution in [2.24, 2.45) is 5.92 Å². The van der Waals surface area contributed by atoms with Crippen LogP contribution in [0.3, 0.4) is 0 Å². The molecule has 0 bridgehead atoms. The molecule has 1 amide bonds. The van der Waals surface area contributed by atoms with Crippen LogP contribution in [0.25, 0.3) is 11.1 Å². The number of carbonyl (C=O) groups excluding carboxylic acids is 1. The summed E-state index contributed by atoms with van der Waals surface area (Å²) >= 11 is 6.81. The molecule has 6 rings (SSSR count). The Hall–Kier alpha value is -3.25. The Kier molecular flexibility index (Phi) is 9.89. The lowest BCUT2D eigenvalue weighted by Gasteiger charge is -2.36. The first-order valence-corrected chi connectivity index (χ1v) is 16.2. The van der Waals surface area contributed by atoms with E-state index >= 15 is 0 Å². The lowest BCUT2D eigenvalue weighted by Crippen LogP contribution is -2.50. The van der Waals surface area contributed by atoms with E-state index in [4.69, 9.17) is 25.5 Å². The SMILES string of the molecule is Cc1ccc(F)cc1Nc1nc2ccc(CC(=O)N3[C@H](COC4CCC(C(=O)O)CC4)CC[C@H]3CN3CCOCC3)c(Cl)c2o1. The van der Waals surface area contributed by atoms with Crippen molar-refractivity contribution >= 4 is 46.3 Å². The first-order chi connectivity index (χ1) is 21.7. The van der Waals surface area contributed by atoms with Gasteiger partial charge < -0.3 is 29.2 Å². The Morgan fingerprint density at radius 1 is 1.09 bits per heavy atom. The number of carboxylic acids is 1. The van der Waals surface area contributed by atoms with Gasteiger partial charge in [-0.3, -0.25) is 14.5 Å². The van der Waals surface area contributed by atoms with Crippen molar-refractivity contribution in [3.63, 3.8) is 0 Å². The van der Waals surface area contributed by atoms with Crippen LogP contribution < -0.4 is 5.32 Å². The van der Waals surface area contributed by atoms with E-state index in [1.165, 1.54) is 12.1 Å². The largest absolute Gasteiger partial charge is 0.481 e. The average Bonchev–Trinajstić information content (AvgIpc) is 3.64. The van der Waals surface area contributed by atoms with Gasteiger partial charge in [0.2, 0.25) is 5.91 Å². The molecule has 242 valence electrons. The van der Waals surface area contributed by atoms with Crippen LogP contribution in [0, 0.1) is 18.7 Å². The van der Waals surface area contributed by atoms with Crippen LogP contribution in [-0.2, 0) is 25.5 Å². The molecule has 12 heteroatoms. The Balaban J connectivity index is 1.16. The Bertz CT molecular complexity index is 1520. The van der Waals surface area contributed by atoms with Gasteiger partial charge in [0.05, 0.1) is 49.3 Å². The van der Waals surface area contributed by atoms with Crippen LogP contribution in [0.4, 0.5) is 16.1 Å². The monoisotopic (exact) mass is 642 g/mol. The Morgan fingerprint density at radius 3 is 2.60 bits per heavy atom. The molecule has 2 aromatic carbocycles. The number of nitrogens with zero attached hydrogens (tertiary/aromatic N) is 3. The number of anilines is 2. The van der Waals surface area contributed by atoms with Gasteiger partial charge in [0, 0.05) is 31.4 Å². The maximum Gasteiger partial charge on any atom is 0.306 e. The maximum absolute atomic E-state index is 14.1. The quantitative estimate of drug-likeness (QED) is 0.293. The molecule has 1 aliphatic carbocycles. The molecular formula is C33H40ClFN4O6. The third-order valence-electron chi connectivity index (χ3n) is 9.39. The van der Waals surface area contributed by atoms with Crippen LogP contribution in [0.15, 0.2) is 34.7 Å². The minimum atomic E-state index is -0.733. The number of likely N-dealkylation sites (tertiary alicyclic amines) is 1. The molecule has 2 aliphatic heterocycles. The normalized spacial score (nSPS) is 24.3. The van der Waals surface area contributed by atoms with Gasteiger partial charge in [-0.1, -0.05) is 23.7 Å². The van der Waals surface area contributed by atoms with Crippen molar-refractivity contribution in [2.75, 3.05) is 44.8 Å². The fraction of sp³-hybridized carbons (Fsp3) is 0.545. The molecule has 10 nitrogen and oxygen atoms in total. The van der Waals surface area contributed by atoms with E-state index in [-0.39, 0.29) is 48.3 Å². The highest BCUT2D eigenvalue weighted by molar-refractivity contribution is 6.35. The molecule has 1 aromatic heterocycles. The summed E-state index contributed by atoms with van der Waals surface area (Å²) in [5, 5.41) is 12.7. The number of hydrogen-bond donors (Lipinski definition) is 2. The molecule has 2 saturated heterocycles. The zero-order valence-corrected chi connectivity index (χ0v) is 26.2. The molecular weight excluding hydrogens is 603 g/mol. The summed E-state index contributed by atoms with van der Waals surface area (Å²) in [6.45, 7) is 6.12. The summed E-state index contributed by atoms with van der Waals surface area (Å²) in [6.07, 6.45) is 4.51. The number of benzene rings is 2. The van der Waals surface area contributed by atoms with Crippen molar-refractivity contribution in [2.45, 2.75) is 70.1 Å². The molecule has 0 unspecified atom stereocenters. The number of amides is 1. The molecule has 3 fully saturated rings. The highest BCUT2D eigenvalue weighted by atomic mass is 35.5. The van der Waals surface area contributed by atoms with Crippen LogP contribution in [-0.4, -0.2) is 89.4 Å². The van der Waals surface area contributed by atoms with E-state index < -0.39 is 5.97 Å². The van der Waals surface area contributed by atoms with Gasteiger partial charge in [-0.25, -0.2) is 4.39 Å². The zero-order chi connectivity index (χ0) is 31.5. The molecule has 3 heterocycles. The number of aryl methyl sites for hydroxylation is 1. The number of fused-ring (bicyclic) bond motifs is 1. The van der Waals surface area contributed by atoms with Crippen molar-refractivity contribution in [3.05, 3.63) is 52.3 Å². The number of nitrogens with one attached hydrogen (secondary N) is 1. The van der Waals surface area contributed by atoms with E-state index in [2.05, 4.69) is 15.2 Å². The van der Waals surface area contributed by atoms with E-state index in [9.17, 15) is 19.1 Å². The number of morpholine rings is 1. The number of oxazole rings is 1. The maximum atomic E-state index is 14.1. The smallest absolute Gasteiger partial charge is 0.306 e. The summed E-state index contributed by atoms with van der Waals surface area (Å²) in [5.41, 5.74) is 2.91. The van der Waals surface area contributed by atoms with Gasteiger partial charge in [0.25, 0.3) is 6.01 Å². The Labute approximate surface area is 266 Å². The minimum absolute atomic E-state index is 0.0121. The van der Waals surface area contributed by atoms with Gasteiger partial charge in [0.15, 0.2) is 5.58 Å². The van der Waals surface area contributed by atoms with Crippen LogP contribution >= 0.6 is 11.6 Å². The number of halogens is 2. The van der Waals surface area contributed by atoms with Crippen LogP contribution in [0.2, 0.25) is 5.02 Å². The van der Waals surface area contributed by atoms with Gasteiger partial charge in [-0.2, -0.15) is 4.98 Å². The van der Waals surface area contributed by atoms with Crippen LogP contribution in [0.1, 0.15) is 49.7 Å². The fourth-order valence-corrected chi connectivity index (χ4v) is 7.07. The summed E-state index contributed by atoms with van der Waals surface area (Å²) in [7, 11) is 0. The zero-order valence-electron chi connectivity index (χ0n) is 25.5. The number of aliphatic carboxylic acids is 1. The summed E-state index contributed by atoms with van der Waals surface area (Å²) in [5.74, 6) is -1.43. The van der Waals surface area contributed by atoms with Gasteiger partial charge in [-0.15, -0.1) is 0 Å². The predicted molar refractivity (Wildman–Crippen MR) is 167 cm³/mol. The molecule has 1 saturated carbocycles. The number of rotatable bonds is 10. The molecule has 2 atom stereocenters. The average molecular weight is 643 g/mol. The highest BCUT2D eigenvalue weighted by Gasteiger charge is 2.39. The first kappa shape index (κ1) is 31.7. The van der Waals surface area contributed by atoms with Crippen molar-refractivity contribution in [1.29, 1.82) is 0 Å². The summed E-state index contributed by atoms with van der Waals surface area (Å²) in [4.78, 5) is 34.2. The molecule has 0 spiro atoms. The van der Waals surface area contributed by atoms with Crippen molar-refractivity contribution < 1.29 is 33.0 Å². The van der Waals surface area contributed by atoms with Gasteiger partial charge in [-0.05, 0) is 74.8 Å². The third-order valence-corrected chi connectivity index (χ3v) is 9.80. The third kappa shape index (κ3) is 7.43. The lowest BCUT2D eigenvalue weighted by atomic mass is 9.87. The van der Waals surface area contributed by atoms with Crippen molar-refractivity contribution in [3.8, 4) is 0 Å². The molecule has 45 heavy (non-hydrogen) atoms. The van der Waals surface area contributed by atoms with E-state index in [0.29, 0.717) is 60.0 Å². The first-order valence-electron chi connectivity index (χ1n) is 15.8. The summed E-state index contributed by atoms with van der Waals surface area (Å²) in [6, 6.07) is 8.18. The lowest BCUT2D eigenvalue weighted by molar-refractivity contribution is -0.144. The van der Waals surface area contributed by atoms with Crippen LogP contribution in [0.5, 0.6) is 0 Å². The number of carbonyl (C=O) groups is 2.